The monoisotopic (exact) mass is 734 g/mol. The van der Waals surface area contributed by atoms with Crippen LogP contribution in [0.15, 0.2) is 30.4 Å². The second-order valence-corrected chi connectivity index (χ2v) is 16.1. The van der Waals surface area contributed by atoms with Crippen molar-refractivity contribution in [2.24, 2.45) is 5.92 Å². The molecule has 1 aromatic rings. The van der Waals surface area contributed by atoms with Crippen molar-refractivity contribution in [2.45, 2.75) is 93.9 Å². The Labute approximate surface area is 296 Å². The minimum atomic E-state index is -3.94. The molecule has 3 N–H and O–H groups in total. The molecular weight excluding hydrogens is 688 g/mol. The van der Waals surface area contributed by atoms with E-state index in [1.54, 1.807) is 39.0 Å². The molecule has 2 aliphatic heterocycles. The summed E-state index contributed by atoms with van der Waals surface area (Å²) in [5, 5.41) is 4.69. The number of rotatable bonds is 8. The van der Waals surface area contributed by atoms with Crippen LogP contribution < -0.4 is 24.8 Å². The van der Waals surface area contributed by atoms with Crippen LogP contribution in [0, 0.1) is 5.92 Å². The van der Waals surface area contributed by atoms with E-state index in [4.69, 9.17) is 23.7 Å². The minimum absolute atomic E-state index is 0.0862. The van der Waals surface area contributed by atoms with Gasteiger partial charge in [-0.1, -0.05) is 12.2 Å². The smallest absolute Gasteiger partial charge is 0.408 e. The first-order chi connectivity index (χ1) is 24.1. The highest BCUT2D eigenvalue weighted by Gasteiger charge is 2.62. The zero-order valence-electron chi connectivity index (χ0n) is 29.4. The van der Waals surface area contributed by atoms with Crippen LogP contribution >= 0.6 is 0 Å². The molecule has 2 saturated carbocycles. The average Bonchev–Trinajstić information content (AvgIpc) is 3.99. The Morgan fingerprint density at radius 1 is 1.08 bits per heavy atom. The van der Waals surface area contributed by atoms with E-state index in [0.717, 1.165) is 0 Å². The van der Waals surface area contributed by atoms with Gasteiger partial charge in [-0.2, -0.15) is 0 Å². The summed E-state index contributed by atoms with van der Waals surface area (Å²) >= 11 is 0. The van der Waals surface area contributed by atoms with E-state index >= 15 is 0 Å². The molecule has 3 fully saturated rings. The highest BCUT2D eigenvalue weighted by molar-refractivity contribution is 7.91. The lowest BCUT2D eigenvalue weighted by Crippen LogP contribution is -2.58. The standard InChI is InChI=1S/C34H46N4O12S/c1-33(2,3)50-32(43)35-25-9-7-15-48-14-6-8-20-18-34(20,31(42)37-51(44,45)23-11-12-23)36-28(39)26-16-22(19-38(26)29(25)40)49-30(41)24-13-10-21(46-4)17-27(24)47-5/h6,8,10,13,17,20,22-23,25-26H,7,9,11-12,14-16,18-19H2,1-5H3,(H,35,43)(H,36,39)(H,37,42)/b8-6-/t20-,22-,25+,26+,34-/m1/s1. The molecule has 1 saturated heterocycles. The number of benzene rings is 1. The van der Waals surface area contributed by atoms with Crippen LogP contribution in [0.25, 0.3) is 0 Å². The van der Waals surface area contributed by atoms with Crippen molar-refractivity contribution in [1.82, 2.24) is 20.3 Å². The molecule has 4 amide bonds. The molecule has 0 aromatic heterocycles. The maximum atomic E-state index is 14.2. The van der Waals surface area contributed by atoms with Crippen LogP contribution in [0.1, 0.15) is 69.7 Å². The normalized spacial score (nSPS) is 27.7. The van der Waals surface area contributed by atoms with E-state index in [0.29, 0.717) is 25.0 Å². The highest BCUT2D eigenvalue weighted by atomic mass is 32.2. The van der Waals surface area contributed by atoms with E-state index in [1.807, 2.05) is 0 Å². The largest absolute Gasteiger partial charge is 0.497 e. The number of hydrogen-bond donors (Lipinski definition) is 3. The third-order valence-electron chi connectivity index (χ3n) is 9.07. The van der Waals surface area contributed by atoms with Crippen molar-refractivity contribution in [3.63, 3.8) is 0 Å². The Morgan fingerprint density at radius 3 is 2.49 bits per heavy atom. The Morgan fingerprint density at radius 2 is 1.82 bits per heavy atom. The molecule has 1 aromatic carbocycles. The second-order valence-electron chi connectivity index (χ2n) is 14.1. The number of ether oxygens (including phenoxy) is 5. The van der Waals surface area contributed by atoms with Gasteiger partial charge in [-0.05, 0) is 65.0 Å². The molecule has 0 unspecified atom stereocenters. The fraction of sp³-hybridized carbons (Fsp3) is 0.618. The third kappa shape index (κ3) is 9.11. The number of nitrogens with zero attached hydrogens (tertiary/aromatic N) is 1. The number of methoxy groups -OCH3 is 2. The van der Waals surface area contributed by atoms with E-state index in [-0.39, 0.29) is 50.3 Å². The number of fused-ring (bicyclic) bond motifs is 2. The van der Waals surface area contributed by atoms with Crippen LogP contribution in [0.5, 0.6) is 11.5 Å². The quantitative estimate of drug-likeness (QED) is 0.257. The Kier molecular flexibility index (Phi) is 11.2. The van der Waals surface area contributed by atoms with E-state index in [9.17, 15) is 32.4 Å². The number of esters is 1. The number of sulfonamides is 1. The summed E-state index contributed by atoms with van der Waals surface area (Å²) < 4.78 is 55.0. The van der Waals surface area contributed by atoms with Gasteiger partial charge < -0.3 is 39.2 Å². The first-order valence-corrected chi connectivity index (χ1v) is 18.5. The molecule has 51 heavy (non-hydrogen) atoms. The summed E-state index contributed by atoms with van der Waals surface area (Å²) in [4.78, 5) is 69.4. The molecular formula is C34H46N4O12S. The average molecular weight is 735 g/mol. The first-order valence-electron chi connectivity index (χ1n) is 16.9. The van der Waals surface area contributed by atoms with Crippen LogP contribution in [-0.2, 0) is 38.6 Å². The lowest BCUT2D eigenvalue weighted by molar-refractivity contribution is -0.141. The summed E-state index contributed by atoms with van der Waals surface area (Å²) in [5.74, 6) is -2.96. The molecule has 2 aliphatic carbocycles. The van der Waals surface area contributed by atoms with Crippen LogP contribution in [-0.4, -0.2) is 112 Å². The van der Waals surface area contributed by atoms with Gasteiger partial charge in [0.15, 0.2) is 0 Å². The molecule has 17 heteroatoms. The Bertz CT molecular complexity index is 1670. The summed E-state index contributed by atoms with van der Waals surface area (Å²) in [7, 11) is -1.09. The van der Waals surface area contributed by atoms with Gasteiger partial charge in [0.25, 0.3) is 5.91 Å². The third-order valence-corrected chi connectivity index (χ3v) is 10.9. The Hall–Kier alpha value is -4.38. The summed E-state index contributed by atoms with van der Waals surface area (Å²) in [6, 6.07) is 2.13. The van der Waals surface area contributed by atoms with Crippen LogP contribution in [0.4, 0.5) is 4.79 Å². The van der Waals surface area contributed by atoms with E-state index in [2.05, 4.69) is 15.4 Å². The minimum Gasteiger partial charge on any atom is -0.497 e. The van der Waals surface area contributed by atoms with Crippen molar-refractivity contribution in [1.29, 1.82) is 0 Å². The molecule has 280 valence electrons. The molecule has 0 bridgehead atoms. The SMILES string of the molecule is COc1ccc(C(=O)O[C@@H]2C[C@H]3C(=O)N[C@]4(C(=O)NS(=O)(=O)C5CC5)C[C@H]4/C=C\COCCC[C@H](NC(=O)OC(C)(C)C)C(=O)N3C2)c(OC)c1. The van der Waals surface area contributed by atoms with Crippen molar-refractivity contribution in [3.8, 4) is 11.5 Å². The summed E-state index contributed by atoms with van der Waals surface area (Å²) in [5.41, 5.74) is -2.38. The topological polar surface area (TPSA) is 205 Å². The predicted octanol–water partition coefficient (Wildman–Crippen LogP) is 1.57. The number of amides is 4. The molecule has 2 heterocycles. The van der Waals surface area contributed by atoms with Crippen molar-refractivity contribution in [2.75, 3.05) is 34.0 Å². The van der Waals surface area contributed by atoms with Crippen molar-refractivity contribution in [3.05, 3.63) is 35.9 Å². The maximum absolute atomic E-state index is 14.2. The molecule has 4 aliphatic rings. The zero-order chi connectivity index (χ0) is 37.1. The van der Waals surface area contributed by atoms with Gasteiger partial charge in [0.1, 0.15) is 46.4 Å². The second kappa shape index (κ2) is 15.1. The van der Waals surface area contributed by atoms with Gasteiger partial charge in [-0.25, -0.2) is 18.0 Å². The van der Waals surface area contributed by atoms with Gasteiger partial charge in [-0.15, -0.1) is 0 Å². The lowest BCUT2D eigenvalue weighted by atomic mass is 10.1. The van der Waals surface area contributed by atoms with Crippen LogP contribution in [0.3, 0.4) is 0 Å². The Balaban J connectivity index is 1.44. The zero-order valence-corrected chi connectivity index (χ0v) is 30.2. The van der Waals surface area contributed by atoms with Crippen molar-refractivity contribution >= 4 is 39.8 Å². The molecule has 5 rings (SSSR count). The number of carbonyl (C=O) groups excluding carboxylic acids is 5. The molecule has 16 nitrogen and oxygen atoms in total. The molecule has 5 atom stereocenters. The fourth-order valence-corrected chi connectivity index (χ4v) is 7.56. The summed E-state index contributed by atoms with van der Waals surface area (Å²) in [6.07, 6.45) is 2.88. The fourth-order valence-electron chi connectivity index (χ4n) is 6.19. The van der Waals surface area contributed by atoms with Gasteiger partial charge in [0.2, 0.25) is 21.8 Å². The van der Waals surface area contributed by atoms with Crippen LogP contribution in [0.2, 0.25) is 0 Å². The van der Waals surface area contributed by atoms with Gasteiger partial charge in [0, 0.05) is 25.0 Å². The first kappa shape index (κ1) is 37.9. The maximum Gasteiger partial charge on any atom is 0.408 e. The molecule has 0 radical (unpaired) electrons. The van der Waals surface area contributed by atoms with Gasteiger partial charge in [-0.3, -0.25) is 19.1 Å². The van der Waals surface area contributed by atoms with E-state index < -0.39 is 80.3 Å². The lowest BCUT2D eigenvalue weighted by Gasteiger charge is -2.30. The number of carbonyl (C=O) groups is 5. The number of nitrogens with one attached hydrogen (secondary N) is 3. The molecule has 0 spiro atoms. The van der Waals surface area contributed by atoms with Gasteiger partial charge >= 0.3 is 12.1 Å². The number of hydrogen-bond acceptors (Lipinski definition) is 12. The number of alkyl carbamates (subject to hydrolysis) is 1. The summed E-state index contributed by atoms with van der Waals surface area (Å²) in [6.45, 7) is 5.21. The van der Waals surface area contributed by atoms with Crippen molar-refractivity contribution < 1.29 is 56.1 Å². The van der Waals surface area contributed by atoms with E-state index in [1.165, 1.54) is 31.3 Å². The highest BCUT2D eigenvalue weighted by Crippen LogP contribution is 2.46. The van der Waals surface area contributed by atoms with Gasteiger partial charge in [0.05, 0.1) is 32.6 Å². The predicted molar refractivity (Wildman–Crippen MR) is 180 cm³/mol.